The highest BCUT2D eigenvalue weighted by molar-refractivity contribution is 5.79. The van der Waals surface area contributed by atoms with Crippen molar-refractivity contribution in [2.75, 3.05) is 40.4 Å². The highest BCUT2D eigenvalue weighted by Gasteiger charge is 2.23. The third kappa shape index (κ3) is 4.86. The Bertz CT molecular complexity index is 511. The number of benzene rings is 1. The number of methoxy groups -OCH3 is 2. The second kappa shape index (κ2) is 8.77. The molecule has 5 nitrogen and oxygen atoms in total. The second-order valence-corrected chi connectivity index (χ2v) is 5.99. The molecule has 1 saturated heterocycles. The van der Waals surface area contributed by atoms with Crippen LogP contribution >= 0.6 is 0 Å². The van der Waals surface area contributed by atoms with Gasteiger partial charge in [0.1, 0.15) is 11.5 Å². The number of hydrogen-bond acceptors (Lipinski definition) is 4. The SMILES string of the molecule is CCNCC1CCN(C(=O)Cc2cc(OC)ccc2OC)CC1. The van der Waals surface area contributed by atoms with Crippen LogP contribution in [0.2, 0.25) is 0 Å². The molecule has 1 heterocycles. The fourth-order valence-corrected chi connectivity index (χ4v) is 3.03. The van der Waals surface area contributed by atoms with E-state index in [1.165, 1.54) is 0 Å². The summed E-state index contributed by atoms with van der Waals surface area (Å²) in [5, 5.41) is 3.40. The monoisotopic (exact) mass is 320 g/mol. The molecule has 1 aliphatic heterocycles. The zero-order chi connectivity index (χ0) is 16.7. The lowest BCUT2D eigenvalue weighted by Crippen LogP contribution is -2.41. The van der Waals surface area contributed by atoms with Crippen LogP contribution < -0.4 is 14.8 Å². The van der Waals surface area contributed by atoms with Crippen LogP contribution in [0.4, 0.5) is 0 Å². The van der Waals surface area contributed by atoms with Crippen molar-refractivity contribution in [2.24, 2.45) is 5.92 Å². The molecule has 1 N–H and O–H groups in total. The molecule has 1 aromatic rings. The normalized spacial score (nSPS) is 15.5. The first-order chi connectivity index (χ1) is 11.2. The number of amides is 1. The highest BCUT2D eigenvalue weighted by Crippen LogP contribution is 2.25. The van der Waals surface area contributed by atoms with Gasteiger partial charge in [-0.15, -0.1) is 0 Å². The topological polar surface area (TPSA) is 50.8 Å². The van der Waals surface area contributed by atoms with E-state index in [0.717, 1.165) is 56.1 Å². The Hall–Kier alpha value is -1.75. The van der Waals surface area contributed by atoms with Crippen LogP contribution in [0.25, 0.3) is 0 Å². The molecule has 0 aromatic heterocycles. The number of carbonyl (C=O) groups is 1. The summed E-state index contributed by atoms with van der Waals surface area (Å²) >= 11 is 0. The van der Waals surface area contributed by atoms with E-state index in [1.54, 1.807) is 14.2 Å². The molecule has 0 saturated carbocycles. The minimum Gasteiger partial charge on any atom is -0.497 e. The van der Waals surface area contributed by atoms with Crippen molar-refractivity contribution in [2.45, 2.75) is 26.2 Å². The maximum Gasteiger partial charge on any atom is 0.227 e. The maximum absolute atomic E-state index is 12.6. The average Bonchev–Trinajstić information content (AvgIpc) is 2.60. The smallest absolute Gasteiger partial charge is 0.227 e. The Morgan fingerprint density at radius 1 is 1.26 bits per heavy atom. The minimum absolute atomic E-state index is 0.165. The van der Waals surface area contributed by atoms with Crippen LogP contribution in [0.15, 0.2) is 18.2 Å². The molecule has 0 aliphatic carbocycles. The van der Waals surface area contributed by atoms with Gasteiger partial charge in [-0.05, 0) is 50.0 Å². The van der Waals surface area contributed by atoms with Crippen molar-refractivity contribution in [3.05, 3.63) is 23.8 Å². The first-order valence-corrected chi connectivity index (χ1v) is 8.37. The van der Waals surface area contributed by atoms with Gasteiger partial charge in [0.15, 0.2) is 0 Å². The zero-order valence-corrected chi connectivity index (χ0v) is 14.4. The maximum atomic E-state index is 12.6. The summed E-state index contributed by atoms with van der Waals surface area (Å²) < 4.78 is 10.6. The molecule has 1 amide bonds. The molecule has 5 heteroatoms. The van der Waals surface area contributed by atoms with Crippen molar-refractivity contribution < 1.29 is 14.3 Å². The molecule has 23 heavy (non-hydrogen) atoms. The van der Waals surface area contributed by atoms with Gasteiger partial charge in [-0.3, -0.25) is 4.79 Å². The molecule has 0 bridgehead atoms. The van der Waals surface area contributed by atoms with Crippen molar-refractivity contribution >= 4 is 5.91 Å². The van der Waals surface area contributed by atoms with Crippen LogP contribution in [0, 0.1) is 5.92 Å². The molecule has 0 spiro atoms. The fourth-order valence-electron chi connectivity index (χ4n) is 3.03. The molecule has 0 atom stereocenters. The van der Waals surface area contributed by atoms with Crippen molar-refractivity contribution in [1.82, 2.24) is 10.2 Å². The third-order valence-electron chi connectivity index (χ3n) is 4.48. The quantitative estimate of drug-likeness (QED) is 0.836. The zero-order valence-electron chi connectivity index (χ0n) is 14.4. The predicted molar refractivity (Wildman–Crippen MR) is 91.1 cm³/mol. The van der Waals surface area contributed by atoms with Crippen LogP contribution in [0.1, 0.15) is 25.3 Å². The number of likely N-dealkylation sites (tertiary alicyclic amines) is 1. The van der Waals surface area contributed by atoms with Gasteiger partial charge in [-0.1, -0.05) is 6.92 Å². The summed E-state index contributed by atoms with van der Waals surface area (Å²) in [5.74, 6) is 2.34. The van der Waals surface area contributed by atoms with Gasteiger partial charge in [-0.25, -0.2) is 0 Å². The van der Waals surface area contributed by atoms with E-state index < -0.39 is 0 Å². The summed E-state index contributed by atoms with van der Waals surface area (Å²) in [6.07, 6.45) is 2.51. The van der Waals surface area contributed by atoms with E-state index in [4.69, 9.17) is 9.47 Å². The highest BCUT2D eigenvalue weighted by atomic mass is 16.5. The van der Waals surface area contributed by atoms with Crippen LogP contribution in [-0.2, 0) is 11.2 Å². The summed E-state index contributed by atoms with van der Waals surface area (Å²) in [5.41, 5.74) is 0.881. The Labute approximate surface area is 139 Å². The van der Waals surface area contributed by atoms with Crippen LogP contribution in [0.5, 0.6) is 11.5 Å². The Balaban J connectivity index is 1.92. The molecule has 2 rings (SSSR count). The van der Waals surface area contributed by atoms with Crippen molar-refractivity contribution in [3.8, 4) is 11.5 Å². The average molecular weight is 320 g/mol. The van der Waals surface area contributed by atoms with E-state index in [1.807, 2.05) is 23.1 Å². The van der Waals surface area contributed by atoms with Gasteiger partial charge in [0.2, 0.25) is 5.91 Å². The Morgan fingerprint density at radius 2 is 2.00 bits per heavy atom. The lowest BCUT2D eigenvalue weighted by Gasteiger charge is -2.32. The van der Waals surface area contributed by atoms with Crippen LogP contribution in [0.3, 0.4) is 0 Å². The van der Waals surface area contributed by atoms with Crippen molar-refractivity contribution in [1.29, 1.82) is 0 Å². The number of rotatable bonds is 7. The summed E-state index contributed by atoms with van der Waals surface area (Å²) in [7, 11) is 3.25. The summed E-state index contributed by atoms with van der Waals surface area (Å²) in [4.78, 5) is 14.5. The summed E-state index contributed by atoms with van der Waals surface area (Å²) in [6.45, 7) is 5.89. The van der Waals surface area contributed by atoms with Gasteiger partial charge < -0.3 is 19.7 Å². The number of nitrogens with one attached hydrogen (secondary N) is 1. The number of nitrogens with zero attached hydrogens (tertiary/aromatic N) is 1. The standard InChI is InChI=1S/C18H28N2O3/c1-4-19-13-14-7-9-20(10-8-14)18(21)12-15-11-16(22-2)5-6-17(15)23-3/h5-6,11,14,19H,4,7-10,12-13H2,1-3H3. The van der Waals surface area contributed by atoms with E-state index in [0.29, 0.717) is 12.3 Å². The van der Waals surface area contributed by atoms with Crippen LogP contribution in [-0.4, -0.2) is 51.2 Å². The van der Waals surface area contributed by atoms with Gasteiger partial charge in [0, 0.05) is 18.7 Å². The Kier molecular flexibility index (Phi) is 6.71. The third-order valence-corrected chi connectivity index (χ3v) is 4.48. The lowest BCUT2D eigenvalue weighted by atomic mass is 9.96. The molecule has 128 valence electrons. The predicted octanol–water partition coefficient (Wildman–Crippen LogP) is 2.09. The first-order valence-electron chi connectivity index (χ1n) is 8.37. The molecule has 0 unspecified atom stereocenters. The second-order valence-electron chi connectivity index (χ2n) is 5.99. The van der Waals surface area contributed by atoms with E-state index in [-0.39, 0.29) is 5.91 Å². The van der Waals surface area contributed by atoms with E-state index >= 15 is 0 Å². The van der Waals surface area contributed by atoms with Gasteiger partial charge in [0.05, 0.1) is 20.6 Å². The van der Waals surface area contributed by atoms with Gasteiger partial charge in [0.25, 0.3) is 0 Å². The number of hydrogen-bond donors (Lipinski definition) is 1. The number of piperidine rings is 1. The Morgan fingerprint density at radius 3 is 2.61 bits per heavy atom. The largest absolute Gasteiger partial charge is 0.497 e. The molecule has 1 aliphatic rings. The molecule has 0 radical (unpaired) electrons. The molecule has 1 fully saturated rings. The first kappa shape index (κ1) is 17.6. The molecular formula is C18H28N2O3. The summed E-state index contributed by atoms with van der Waals surface area (Å²) in [6, 6.07) is 5.58. The van der Waals surface area contributed by atoms with Crippen molar-refractivity contribution in [3.63, 3.8) is 0 Å². The van der Waals surface area contributed by atoms with E-state index in [2.05, 4.69) is 12.2 Å². The molecular weight excluding hydrogens is 292 g/mol. The van der Waals surface area contributed by atoms with Gasteiger partial charge >= 0.3 is 0 Å². The fraction of sp³-hybridized carbons (Fsp3) is 0.611. The number of ether oxygens (including phenoxy) is 2. The van der Waals surface area contributed by atoms with Gasteiger partial charge in [-0.2, -0.15) is 0 Å². The minimum atomic E-state index is 0.165. The molecule has 1 aromatic carbocycles. The number of carbonyl (C=O) groups excluding carboxylic acids is 1. The lowest BCUT2D eigenvalue weighted by molar-refractivity contribution is -0.131. The van der Waals surface area contributed by atoms with E-state index in [9.17, 15) is 4.79 Å².